The molecule has 0 spiro atoms. The van der Waals surface area contributed by atoms with Crippen LogP contribution in [0.2, 0.25) is 0 Å². The van der Waals surface area contributed by atoms with Crippen LogP contribution in [0.15, 0.2) is 48.5 Å². The fraction of sp³-hybridized carbons (Fsp3) is 0.300. The van der Waals surface area contributed by atoms with E-state index in [1.807, 2.05) is 18.2 Å². The van der Waals surface area contributed by atoms with Gasteiger partial charge in [0.05, 0.1) is 0 Å². The maximum absolute atomic E-state index is 12.1. The van der Waals surface area contributed by atoms with Gasteiger partial charge in [-0.3, -0.25) is 4.79 Å². The maximum Gasteiger partial charge on any atom is 0.315 e. The Balaban J connectivity index is 1.53. The van der Waals surface area contributed by atoms with Crippen molar-refractivity contribution in [2.45, 2.75) is 31.7 Å². The molecule has 3 rings (SSSR count). The zero-order chi connectivity index (χ0) is 17.9. The van der Waals surface area contributed by atoms with Gasteiger partial charge in [-0.25, -0.2) is 4.79 Å². The summed E-state index contributed by atoms with van der Waals surface area (Å²) in [6.07, 6.45) is 2.19. The SMILES string of the molecule is Cc1ccccc1C1(CNC(=O)NCc2cccc(C(N)=O)c2)CC1. The molecule has 5 nitrogen and oxygen atoms in total. The van der Waals surface area contributed by atoms with Crippen molar-refractivity contribution in [2.24, 2.45) is 5.73 Å². The van der Waals surface area contributed by atoms with Crippen LogP contribution in [-0.4, -0.2) is 18.5 Å². The number of benzene rings is 2. The number of nitrogens with one attached hydrogen (secondary N) is 2. The van der Waals surface area contributed by atoms with Crippen molar-refractivity contribution in [3.63, 3.8) is 0 Å². The maximum atomic E-state index is 12.1. The Morgan fingerprint density at radius 3 is 2.52 bits per heavy atom. The van der Waals surface area contributed by atoms with E-state index in [1.165, 1.54) is 11.1 Å². The van der Waals surface area contributed by atoms with Crippen molar-refractivity contribution in [3.8, 4) is 0 Å². The number of carbonyl (C=O) groups is 2. The lowest BCUT2D eigenvalue weighted by atomic mass is 9.92. The highest BCUT2D eigenvalue weighted by atomic mass is 16.2. The molecule has 2 aromatic carbocycles. The van der Waals surface area contributed by atoms with E-state index in [2.05, 4.69) is 29.7 Å². The highest BCUT2D eigenvalue weighted by Gasteiger charge is 2.45. The van der Waals surface area contributed by atoms with Crippen LogP contribution >= 0.6 is 0 Å². The molecule has 0 unspecified atom stereocenters. The van der Waals surface area contributed by atoms with Crippen molar-refractivity contribution in [1.82, 2.24) is 10.6 Å². The van der Waals surface area contributed by atoms with Crippen LogP contribution in [0, 0.1) is 6.92 Å². The minimum atomic E-state index is -0.472. The fourth-order valence-corrected chi connectivity index (χ4v) is 3.19. The molecule has 1 saturated carbocycles. The molecule has 0 aliphatic heterocycles. The summed E-state index contributed by atoms with van der Waals surface area (Å²) in [5.74, 6) is -0.472. The van der Waals surface area contributed by atoms with Gasteiger partial charge in [-0.15, -0.1) is 0 Å². The Morgan fingerprint density at radius 2 is 1.84 bits per heavy atom. The molecule has 130 valence electrons. The van der Waals surface area contributed by atoms with Crippen molar-refractivity contribution in [3.05, 3.63) is 70.8 Å². The topological polar surface area (TPSA) is 84.2 Å². The predicted octanol–water partition coefficient (Wildman–Crippen LogP) is 2.62. The molecule has 0 radical (unpaired) electrons. The van der Waals surface area contributed by atoms with E-state index >= 15 is 0 Å². The molecule has 25 heavy (non-hydrogen) atoms. The highest BCUT2D eigenvalue weighted by molar-refractivity contribution is 5.92. The molecular weight excluding hydrogens is 314 g/mol. The second-order valence-electron chi connectivity index (χ2n) is 6.70. The van der Waals surface area contributed by atoms with E-state index in [9.17, 15) is 9.59 Å². The van der Waals surface area contributed by atoms with E-state index in [-0.39, 0.29) is 11.4 Å². The van der Waals surface area contributed by atoms with Crippen molar-refractivity contribution >= 4 is 11.9 Å². The number of nitrogens with two attached hydrogens (primary N) is 1. The molecule has 1 fully saturated rings. The Kier molecular flexibility index (Phi) is 4.74. The first-order valence-electron chi connectivity index (χ1n) is 8.47. The van der Waals surface area contributed by atoms with E-state index in [4.69, 9.17) is 5.73 Å². The first-order chi connectivity index (χ1) is 12.0. The molecule has 0 bridgehead atoms. The van der Waals surface area contributed by atoms with Crippen LogP contribution in [-0.2, 0) is 12.0 Å². The molecule has 5 heteroatoms. The van der Waals surface area contributed by atoms with Crippen LogP contribution in [0.25, 0.3) is 0 Å². The minimum absolute atomic E-state index is 0.0779. The monoisotopic (exact) mass is 337 g/mol. The minimum Gasteiger partial charge on any atom is -0.366 e. The number of amides is 3. The average molecular weight is 337 g/mol. The van der Waals surface area contributed by atoms with Gasteiger partial charge in [0.2, 0.25) is 5.91 Å². The number of hydrogen-bond acceptors (Lipinski definition) is 2. The van der Waals surface area contributed by atoms with Gasteiger partial charge in [0, 0.05) is 24.1 Å². The number of hydrogen-bond donors (Lipinski definition) is 3. The van der Waals surface area contributed by atoms with Gasteiger partial charge in [-0.2, -0.15) is 0 Å². The number of urea groups is 1. The summed E-state index contributed by atoms with van der Waals surface area (Å²) in [7, 11) is 0. The van der Waals surface area contributed by atoms with Gasteiger partial charge in [0.15, 0.2) is 0 Å². The van der Waals surface area contributed by atoms with Crippen molar-refractivity contribution in [1.29, 1.82) is 0 Å². The Bertz CT molecular complexity index is 797. The third-order valence-corrected chi connectivity index (χ3v) is 4.82. The van der Waals surface area contributed by atoms with E-state index in [1.54, 1.807) is 18.2 Å². The first-order valence-corrected chi connectivity index (χ1v) is 8.47. The van der Waals surface area contributed by atoms with Crippen LogP contribution in [0.1, 0.15) is 39.9 Å². The van der Waals surface area contributed by atoms with Crippen LogP contribution in [0.4, 0.5) is 4.79 Å². The lowest BCUT2D eigenvalue weighted by Crippen LogP contribution is -2.39. The summed E-state index contributed by atoms with van der Waals surface area (Å²) in [5.41, 5.74) is 9.22. The van der Waals surface area contributed by atoms with Crippen molar-refractivity contribution < 1.29 is 9.59 Å². The zero-order valence-electron chi connectivity index (χ0n) is 14.3. The number of carbonyl (C=O) groups excluding carboxylic acids is 2. The molecule has 0 aromatic heterocycles. The van der Waals surface area contributed by atoms with Gasteiger partial charge in [0.1, 0.15) is 0 Å². The lowest BCUT2D eigenvalue weighted by molar-refractivity contribution is 0.1000. The molecule has 2 aromatic rings. The third-order valence-electron chi connectivity index (χ3n) is 4.82. The van der Waals surface area contributed by atoms with Crippen LogP contribution in [0.3, 0.4) is 0 Å². The average Bonchev–Trinajstić information content (AvgIpc) is 3.40. The second kappa shape index (κ2) is 6.97. The van der Waals surface area contributed by atoms with Gasteiger partial charge in [-0.05, 0) is 48.6 Å². The Labute approximate surface area is 147 Å². The van der Waals surface area contributed by atoms with E-state index in [0.29, 0.717) is 18.7 Å². The molecule has 0 atom stereocenters. The quantitative estimate of drug-likeness (QED) is 0.757. The molecule has 1 aliphatic carbocycles. The van der Waals surface area contributed by atoms with Gasteiger partial charge in [0.25, 0.3) is 0 Å². The van der Waals surface area contributed by atoms with Crippen LogP contribution < -0.4 is 16.4 Å². The summed E-state index contributed by atoms with van der Waals surface area (Å²) in [5, 5.41) is 5.81. The predicted molar refractivity (Wildman–Crippen MR) is 97.3 cm³/mol. The highest BCUT2D eigenvalue weighted by Crippen LogP contribution is 2.48. The third kappa shape index (κ3) is 3.99. The summed E-state index contributed by atoms with van der Waals surface area (Å²) in [4.78, 5) is 23.3. The zero-order valence-corrected chi connectivity index (χ0v) is 14.3. The lowest BCUT2D eigenvalue weighted by Gasteiger charge is -2.19. The van der Waals surface area contributed by atoms with Crippen LogP contribution in [0.5, 0.6) is 0 Å². The van der Waals surface area contributed by atoms with Gasteiger partial charge < -0.3 is 16.4 Å². The largest absolute Gasteiger partial charge is 0.366 e. The molecule has 0 saturated heterocycles. The first kappa shape index (κ1) is 17.0. The summed E-state index contributed by atoms with van der Waals surface area (Å²) in [6, 6.07) is 15.1. The van der Waals surface area contributed by atoms with E-state index in [0.717, 1.165) is 18.4 Å². The standard InChI is InChI=1S/C20H23N3O2/c1-14-5-2-3-8-17(14)20(9-10-20)13-23-19(25)22-12-15-6-4-7-16(11-15)18(21)24/h2-8,11H,9-10,12-13H2,1H3,(H2,21,24)(H2,22,23,25). The smallest absolute Gasteiger partial charge is 0.315 e. The normalized spacial score (nSPS) is 14.6. The number of aryl methyl sites for hydroxylation is 1. The summed E-state index contributed by atoms with van der Waals surface area (Å²) in [6.45, 7) is 3.09. The number of primary amides is 1. The van der Waals surface area contributed by atoms with Gasteiger partial charge in [-0.1, -0.05) is 36.4 Å². The molecule has 0 heterocycles. The fourth-order valence-electron chi connectivity index (χ4n) is 3.19. The molecule has 1 aliphatic rings. The summed E-state index contributed by atoms with van der Waals surface area (Å²) >= 11 is 0. The second-order valence-corrected chi connectivity index (χ2v) is 6.70. The molecule has 3 amide bonds. The molecule has 4 N–H and O–H groups in total. The number of rotatable bonds is 6. The Hall–Kier alpha value is -2.82. The van der Waals surface area contributed by atoms with Crippen molar-refractivity contribution in [2.75, 3.05) is 6.54 Å². The van der Waals surface area contributed by atoms with E-state index < -0.39 is 5.91 Å². The molecular formula is C20H23N3O2. The summed E-state index contributed by atoms with van der Waals surface area (Å²) < 4.78 is 0. The Morgan fingerprint density at radius 1 is 1.08 bits per heavy atom. The van der Waals surface area contributed by atoms with Gasteiger partial charge >= 0.3 is 6.03 Å².